The summed E-state index contributed by atoms with van der Waals surface area (Å²) < 4.78 is 5.80. The van der Waals surface area contributed by atoms with Crippen LogP contribution < -0.4 is 10.2 Å². The van der Waals surface area contributed by atoms with E-state index in [4.69, 9.17) is 4.74 Å². The second-order valence-electron chi connectivity index (χ2n) is 5.56. The Bertz CT molecular complexity index is 535. The van der Waals surface area contributed by atoms with E-state index in [2.05, 4.69) is 10.2 Å². The summed E-state index contributed by atoms with van der Waals surface area (Å²) in [7, 11) is 0. The third kappa shape index (κ3) is 2.55. The van der Waals surface area contributed by atoms with Crippen LogP contribution in [0, 0.1) is 10.1 Å². The van der Waals surface area contributed by atoms with Gasteiger partial charge in [0.25, 0.3) is 0 Å². The number of hydrogen-bond donors (Lipinski definition) is 1. The van der Waals surface area contributed by atoms with Crippen LogP contribution in [0.2, 0.25) is 0 Å². The minimum Gasteiger partial charge on any atom is -0.380 e. The third-order valence-electron chi connectivity index (χ3n) is 4.36. The highest BCUT2D eigenvalue weighted by Crippen LogP contribution is 2.40. The lowest BCUT2D eigenvalue weighted by molar-refractivity contribution is -0.383. The van der Waals surface area contributed by atoms with Crippen molar-refractivity contribution in [1.29, 1.82) is 0 Å². The molecule has 1 N–H and O–H groups in total. The van der Waals surface area contributed by atoms with E-state index in [0.29, 0.717) is 18.8 Å². The van der Waals surface area contributed by atoms with Crippen molar-refractivity contribution in [3.63, 3.8) is 0 Å². The maximum absolute atomic E-state index is 11.6. The van der Waals surface area contributed by atoms with E-state index in [-0.39, 0.29) is 22.8 Å². The molecule has 2 fully saturated rings. The fourth-order valence-electron chi connectivity index (χ4n) is 3.51. The Morgan fingerprint density at radius 3 is 3.10 bits per heavy atom. The molecule has 1 saturated carbocycles. The average Bonchev–Trinajstić information content (AvgIpc) is 2.95. The molecular weight excluding hydrogens is 270 g/mol. The van der Waals surface area contributed by atoms with Gasteiger partial charge in [0.1, 0.15) is 11.4 Å². The molecular formula is C15H21N3O3. The monoisotopic (exact) mass is 291 g/mol. The number of anilines is 2. The lowest BCUT2D eigenvalue weighted by Crippen LogP contribution is -2.48. The van der Waals surface area contributed by atoms with Crippen molar-refractivity contribution in [3.8, 4) is 0 Å². The molecule has 1 aliphatic carbocycles. The van der Waals surface area contributed by atoms with Gasteiger partial charge in [0.05, 0.1) is 23.7 Å². The first-order chi connectivity index (χ1) is 10.2. The number of rotatable bonds is 4. The number of hydrogen-bond acceptors (Lipinski definition) is 5. The third-order valence-corrected chi connectivity index (χ3v) is 4.36. The molecule has 2 aliphatic rings. The number of ether oxygens (including phenoxy) is 1. The van der Waals surface area contributed by atoms with Crippen LogP contribution in [0.1, 0.15) is 26.2 Å². The molecule has 114 valence electrons. The van der Waals surface area contributed by atoms with E-state index in [1.54, 1.807) is 6.07 Å². The lowest BCUT2D eigenvalue weighted by atomic mass is 10.1. The maximum Gasteiger partial charge on any atom is 0.315 e. The summed E-state index contributed by atoms with van der Waals surface area (Å²) in [4.78, 5) is 13.5. The minimum absolute atomic E-state index is 0.187. The van der Waals surface area contributed by atoms with Crippen LogP contribution in [0.3, 0.4) is 0 Å². The van der Waals surface area contributed by atoms with Gasteiger partial charge in [-0.1, -0.05) is 6.07 Å². The van der Waals surface area contributed by atoms with Gasteiger partial charge in [0.2, 0.25) is 0 Å². The number of para-hydroxylation sites is 1. The van der Waals surface area contributed by atoms with E-state index >= 15 is 0 Å². The summed E-state index contributed by atoms with van der Waals surface area (Å²) >= 11 is 0. The molecule has 0 aromatic heterocycles. The molecule has 1 saturated heterocycles. The van der Waals surface area contributed by atoms with Crippen LogP contribution in [0.4, 0.5) is 17.1 Å². The summed E-state index contributed by atoms with van der Waals surface area (Å²) in [6.07, 6.45) is 3.46. The molecule has 0 amide bonds. The van der Waals surface area contributed by atoms with Crippen LogP contribution in [0.25, 0.3) is 0 Å². The molecule has 1 aromatic carbocycles. The fourth-order valence-corrected chi connectivity index (χ4v) is 3.51. The number of benzene rings is 1. The Labute approximate surface area is 124 Å². The number of morpholine rings is 1. The standard InChI is InChI=1S/C15H21N3O3/c1-2-16-11-5-3-7-13(15(11)18(19)20)17-9-10-21-14-8-4-6-12(14)17/h3,5,7,12,14,16H,2,4,6,8-10H2,1H3. The second kappa shape index (κ2) is 5.89. The fraction of sp³-hybridized carbons (Fsp3) is 0.600. The topological polar surface area (TPSA) is 67.6 Å². The molecule has 1 aromatic rings. The Kier molecular flexibility index (Phi) is 3.96. The van der Waals surface area contributed by atoms with E-state index in [1.807, 2.05) is 19.1 Å². The van der Waals surface area contributed by atoms with E-state index in [1.165, 1.54) is 0 Å². The predicted octanol–water partition coefficient (Wildman–Crippen LogP) is 2.78. The van der Waals surface area contributed by atoms with Crippen molar-refractivity contribution in [2.75, 3.05) is 29.9 Å². The first-order valence-electron chi connectivity index (χ1n) is 7.62. The Morgan fingerprint density at radius 2 is 2.33 bits per heavy atom. The molecule has 21 heavy (non-hydrogen) atoms. The van der Waals surface area contributed by atoms with Crippen molar-refractivity contribution in [2.45, 2.75) is 38.3 Å². The van der Waals surface area contributed by atoms with Crippen molar-refractivity contribution >= 4 is 17.1 Å². The summed E-state index contributed by atoms with van der Waals surface area (Å²) in [6, 6.07) is 5.80. The largest absolute Gasteiger partial charge is 0.380 e. The molecule has 3 rings (SSSR count). The summed E-state index contributed by atoms with van der Waals surface area (Å²) in [6.45, 7) is 3.97. The zero-order valence-corrected chi connectivity index (χ0v) is 12.2. The number of nitrogens with one attached hydrogen (secondary N) is 1. The summed E-state index contributed by atoms with van der Waals surface area (Å²) in [5.41, 5.74) is 1.51. The van der Waals surface area contributed by atoms with Gasteiger partial charge < -0.3 is 15.0 Å². The first-order valence-corrected chi connectivity index (χ1v) is 7.62. The van der Waals surface area contributed by atoms with Gasteiger partial charge >= 0.3 is 5.69 Å². The molecule has 1 heterocycles. The van der Waals surface area contributed by atoms with Gasteiger partial charge in [0.15, 0.2) is 0 Å². The number of fused-ring (bicyclic) bond motifs is 1. The van der Waals surface area contributed by atoms with Crippen LogP contribution in [-0.4, -0.2) is 36.8 Å². The van der Waals surface area contributed by atoms with Crippen molar-refractivity contribution in [3.05, 3.63) is 28.3 Å². The Balaban J connectivity index is 2.00. The van der Waals surface area contributed by atoms with E-state index in [0.717, 1.165) is 31.5 Å². The quantitative estimate of drug-likeness (QED) is 0.682. The van der Waals surface area contributed by atoms with Crippen LogP contribution >= 0.6 is 0 Å². The minimum atomic E-state index is -0.271. The normalized spacial score (nSPS) is 24.7. The molecule has 0 bridgehead atoms. The highest BCUT2D eigenvalue weighted by atomic mass is 16.6. The molecule has 0 spiro atoms. The SMILES string of the molecule is CCNc1cccc(N2CCOC3CCCC32)c1[N+](=O)[O-]. The van der Waals surface area contributed by atoms with Gasteiger partial charge in [-0.05, 0) is 38.3 Å². The Hall–Kier alpha value is -1.82. The highest BCUT2D eigenvalue weighted by molar-refractivity contribution is 5.77. The maximum atomic E-state index is 11.6. The smallest absolute Gasteiger partial charge is 0.315 e. The lowest BCUT2D eigenvalue weighted by Gasteiger charge is -2.39. The van der Waals surface area contributed by atoms with Gasteiger partial charge in [-0.2, -0.15) is 0 Å². The molecule has 2 atom stereocenters. The van der Waals surface area contributed by atoms with Crippen molar-refractivity contribution in [1.82, 2.24) is 0 Å². The zero-order valence-electron chi connectivity index (χ0n) is 12.2. The second-order valence-corrected chi connectivity index (χ2v) is 5.56. The number of nitro benzene ring substituents is 1. The molecule has 1 aliphatic heterocycles. The van der Waals surface area contributed by atoms with Crippen LogP contribution in [0.5, 0.6) is 0 Å². The summed E-state index contributed by atoms with van der Waals surface area (Å²) in [5.74, 6) is 0. The van der Waals surface area contributed by atoms with E-state index in [9.17, 15) is 10.1 Å². The van der Waals surface area contributed by atoms with Crippen molar-refractivity contribution in [2.24, 2.45) is 0 Å². The number of nitro groups is 1. The van der Waals surface area contributed by atoms with Gasteiger partial charge in [-0.15, -0.1) is 0 Å². The molecule has 2 unspecified atom stereocenters. The van der Waals surface area contributed by atoms with Gasteiger partial charge in [0, 0.05) is 13.1 Å². The van der Waals surface area contributed by atoms with Gasteiger partial charge in [-0.3, -0.25) is 10.1 Å². The molecule has 6 nitrogen and oxygen atoms in total. The van der Waals surface area contributed by atoms with Crippen molar-refractivity contribution < 1.29 is 9.66 Å². The predicted molar refractivity (Wildman–Crippen MR) is 82.0 cm³/mol. The molecule has 6 heteroatoms. The van der Waals surface area contributed by atoms with Crippen LogP contribution in [-0.2, 0) is 4.74 Å². The van der Waals surface area contributed by atoms with Gasteiger partial charge in [-0.25, -0.2) is 0 Å². The van der Waals surface area contributed by atoms with Crippen LogP contribution in [0.15, 0.2) is 18.2 Å². The zero-order chi connectivity index (χ0) is 14.8. The molecule has 0 radical (unpaired) electrons. The highest BCUT2D eigenvalue weighted by Gasteiger charge is 2.38. The average molecular weight is 291 g/mol. The van der Waals surface area contributed by atoms with E-state index < -0.39 is 0 Å². The Morgan fingerprint density at radius 1 is 1.48 bits per heavy atom. The number of nitrogens with zero attached hydrogens (tertiary/aromatic N) is 2. The first kappa shape index (κ1) is 14.1. The summed E-state index contributed by atoms with van der Waals surface area (Å²) in [5, 5.41) is 14.7.